The molecule has 0 radical (unpaired) electrons. The van der Waals surface area contributed by atoms with Crippen LogP contribution in [-0.4, -0.2) is 59.9 Å². The van der Waals surface area contributed by atoms with E-state index in [1.807, 2.05) is 53.2 Å². The molecule has 0 amide bonds. The Balaban J connectivity index is 1.70. The minimum atomic E-state index is 0.724. The number of aromatic nitrogens is 2. The minimum Gasteiger partial charge on any atom is -0.497 e. The lowest BCUT2D eigenvalue weighted by atomic mass is 10.1. The summed E-state index contributed by atoms with van der Waals surface area (Å²) >= 11 is 6.50. The second kappa shape index (κ2) is 8.35. The van der Waals surface area contributed by atoms with E-state index < -0.39 is 0 Å². The van der Waals surface area contributed by atoms with E-state index in [0.717, 1.165) is 60.4 Å². The number of methoxy groups -OCH3 is 1. The first-order valence-electron chi connectivity index (χ1n) is 9.53. The number of likely N-dealkylation sites (N-methyl/N-ethyl adjacent to an activating group) is 1. The van der Waals surface area contributed by atoms with Crippen molar-refractivity contribution in [1.82, 2.24) is 19.6 Å². The van der Waals surface area contributed by atoms with Crippen molar-refractivity contribution >= 4 is 11.6 Å². The van der Waals surface area contributed by atoms with Gasteiger partial charge in [-0.25, -0.2) is 4.68 Å². The summed E-state index contributed by atoms with van der Waals surface area (Å²) in [5.74, 6) is 0.833. The molecular formula is C22H25ClN4O. The fourth-order valence-corrected chi connectivity index (χ4v) is 3.74. The second-order valence-corrected chi connectivity index (χ2v) is 7.61. The largest absolute Gasteiger partial charge is 0.497 e. The number of benzene rings is 2. The lowest BCUT2D eigenvalue weighted by Crippen LogP contribution is -2.43. The van der Waals surface area contributed by atoms with E-state index in [9.17, 15) is 0 Å². The lowest BCUT2D eigenvalue weighted by Gasteiger charge is -2.32. The fraction of sp³-hybridized carbons (Fsp3) is 0.318. The van der Waals surface area contributed by atoms with Gasteiger partial charge in [0.1, 0.15) is 5.75 Å². The number of hydrogen-bond donors (Lipinski definition) is 0. The van der Waals surface area contributed by atoms with E-state index >= 15 is 0 Å². The zero-order valence-corrected chi connectivity index (χ0v) is 17.1. The van der Waals surface area contributed by atoms with Crippen molar-refractivity contribution in [3.8, 4) is 22.7 Å². The number of nitrogens with zero attached hydrogens (tertiary/aromatic N) is 4. The van der Waals surface area contributed by atoms with Gasteiger partial charge in [-0.2, -0.15) is 5.10 Å². The maximum Gasteiger partial charge on any atom is 0.119 e. The normalized spacial score (nSPS) is 15.7. The van der Waals surface area contributed by atoms with Crippen LogP contribution in [0.1, 0.15) is 5.56 Å². The molecule has 0 bridgehead atoms. The van der Waals surface area contributed by atoms with Crippen LogP contribution in [-0.2, 0) is 6.54 Å². The average molecular weight is 397 g/mol. The summed E-state index contributed by atoms with van der Waals surface area (Å²) in [5, 5.41) is 5.63. The van der Waals surface area contributed by atoms with Crippen molar-refractivity contribution in [3.63, 3.8) is 0 Å². The smallest absolute Gasteiger partial charge is 0.119 e. The van der Waals surface area contributed by atoms with Crippen molar-refractivity contribution in [2.75, 3.05) is 40.3 Å². The first-order chi connectivity index (χ1) is 13.6. The van der Waals surface area contributed by atoms with Gasteiger partial charge in [-0.15, -0.1) is 0 Å². The van der Waals surface area contributed by atoms with Gasteiger partial charge >= 0.3 is 0 Å². The Morgan fingerprint density at radius 2 is 1.71 bits per heavy atom. The molecule has 1 aliphatic heterocycles. The van der Waals surface area contributed by atoms with Gasteiger partial charge in [-0.1, -0.05) is 29.8 Å². The monoisotopic (exact) mass is 396 g/mol. The van der Waals surface area contributed by atoms with Gasteiger partial charge in [0.2, 0.25) is 0 Å². The van der Waals surface area contributed by atoms with Gasteiger partial charge in [0.25, 0.3) is 0 Å². The molecule has 146 valence electrons. The maximum atomic E-state index is 6.50. The summed E-state index contributed by atoms with van der Waals surface area (Å²) in [7, 11) is 3.85. The van der Waals surface area contributed by atoms with Gasteiger partial charge in [0.15, 0.2) is 0 Å². The van der Waals surface area contributed by atoms with E-state index in [0.29, 0.717) is 0 Å². The molecule has 1 fully saturated rings. The van der Waals surface area contributed by atoms with Gasteiger partial charge in [-0.3, -0.25) is 4.90 Å². The van der Waals surface area contributed by atoms with E-state index in [1.165, 1.54) is 5.56 Å². The molecule has 1 saturated heterocycles. The highest BCUT2D eigenvalue weighted by molar-refractivity contribution is 6.33. The van der Waals surface area contributed by atoms with Crippen LogP contribution in [0.2, 0.25) is 5.02 Å². The van der Waals surface area contributed by atoms with Crippen molar-refractivity contribution in [2.24, 2.45) is 0 Å². The number of piperazine rings is 1. The van der Waals surface area contributed by atoms with Gasteiger partial charge in [0.05, 0.1) is 23.5 Å². The van der Waals surface area contributed by atoms with Crippen LogP contribution in [0.25, 0.3) is 16.9 Å². The molecule has 0 saturated carbocycles. The third-order valence-corrected chi connectivity index (χ3v) is 5.58. The third kappa shape index (κ3) is 4.07. The summed E-state index contributed by atoms with van der Waals surface area (Å²) in [6.07, 6.45) is 2.12. The fourth-order valence-electron chi connectivity index (χ4n) is 3.52. The molecule has 6 heteroatoms. The maximum absolute atomic E-state index is 6.50. The molecule has 4 rings (SSSR count). The predicted octanol–water partition coefficient (Wildman–Crippen LogP) is 3.95. The standard InChI is InChI=1S/C22H25ClN4O/c1-25-11-13-26(14-12-25)15-17-16-27(18-7-9-19(28-2)10-8-18)24-22(17)20-5-3-4-6-21(20)23/h3-10,16H,11-15H2,1-2H3. The summed E-state index contributed by atoms with van der Waals surface area (Å²) in [4.78, 5) is 4.85. The van der Waals surface area contributed by atoms with Crippen molar-refractivity contribution in [1.29, 1.82) is 0 Å². The predicted molar refractivity (Wildman–Crippen MR) is 113 cm³/mol. The highest BCUT2D eigenvalue weighted by Crippen LogP contribution is 2.31. The summed E-state index contributed by atoms with van der Waals surface area (Å²) in [5.41, 5.74) is 4.10. The molecule has 0 aliphatic carbocycles. The van der Waals surface area contributed by atoms with Gasteiger partial charge in [-0.05, 0) is 37.4 Å². The quantitative estimate of drug-likeness (QED) is 0.654. The number of ether oxygens (including phenoxy) is 1. The van der Waals surface area contributed by atoms with Crippen molar-refractivity contribution in [3.05, 3.63) is 65.3 Å². The van der Waals surface area contributed by atoms with Gasteiger partial charge in [0, 0.05) is 50.0 Å². The number of rotatable bonds is 5. The lowest BCUT2D eigenvalue weighted by molar-refractivity contribution is 0.148. The molecule has 0 spiro atoms. The van der Waals surface area contributed by atoms with Crippen LogP contribution in [0, 0.1) is 0 Å². The summed E-state index contributed by atoms with van der Waals surface area (Å²) in [6, 6.07) is 15.8. The first-order valence-corrected chi connectivity index (χ1v) is 9.90. The molecule has 3 aromatic rings. The van der Waals surface area contributed by atoms with Crippen LogP contribution in [0.15, 0.2) is 54.7 Å². The molecule has 5 nitrogen and oxygen atoms in total. The Morgan fingerprint density at radius 1 is 1.00 bits per heavy atom. The molecule has 2 heterocycles. The molecule has 28 heavy (non-hydrogen) atoms. The Labute approximate surface area is 171 Å². The van der Waals surface area contributed by atoms with Crippen LogP contribution in [0.4, 0.5) is 0 Å². The van der Waals surface area contributed by atoms with E-state index in [-0.39, 0.29) is 0 Å². The Hall–Kier alpha value is -2.34. The molecular weight excluding hydrogens is 372 g/mol. The van der Waals surface area contributed by atoms with Crippen molar-refractivity contribution < 1.29 is 4.74 Å². The van der Waals surface area contributed by atoms with Crippen molar-refractivity contribution in [2.45, 2.75) is 6.54 Å². The second-order valence-electron chi connectivity index (χ2n) is 7.20. The Bertz CT molecular complexity index is 930. The topological polar surface area (TPSA) is 33.5 Å². The van der Waals surface area contributed by atoms with E-state index in [2.05, 4.69) is 23.0 Å². The van der Waals surface area contributed by atoms with Crippen LogP contribution in [0.5, 0.6) is 5.75 Å². The summed E-state index contributed by atoms with van der Waals surface area (Å²) in [6.45, 7) is 5.17. The van der Waals surface area contributed by atoms with Gasteiger partial charge < -0.3 is 9.64 Å². The SMILES string of the molecule is COc1ccc(-n2cc(CN3CCN(C)CC3)c(-c3ccccc3Cl)n2)cc1. The average Bonchev–Trinajstić information content (AvgIpc) is 3.13. The third-order valence-electron chi connectivity index (χ3n) is 5.25. The van der Waals surface area contributed by atoms with E-state index in [1.54, 1.807) is 7.11 Å². The molecule has 0 N–H and O–H groups in total. The highest BCUT2D eigenvalue weighted by atomic mass is 35.5. The highest BCUT2D eigenvalue weighted by Gasteiger charge is 2.19. The first kappa shape index (κ1) is 19.0. The molecule has 1 aliphatic rings. The minimum absolute atomic E-state index is 0.724. The Morgan fingerprint density at radius 3 is 2.39 bits per heavy atom. The number of halogens is 1. The number of hydrogen-bond acceptors (Lipinski definition) is 4. The zero-order chi connectivity index (χ0) is 19.5. The van der Waals surface area contributed by atoms with Crippen LogP contribution in [0.3, 0.4) is 0 Å². The van der Waals surface area contributed by atoms with Crippen LogP contribution >= 0.6 is 11.6 Å². The Kier molecular flexibility index (Phi) is 5.67. The van der Waals surface area contributed by atoms with Crippen LogP contribution < -0.4 is 4.74 Å². The molecule has 1 aromatic heterocycles. The molecule has 0 atom stereocenters. The van der Waals surface area contributed by atoms with E-state index in [4.69, 9.17) is 21.4 Å². The molecule has 0 unspecified atom stereocenters. The zero-order valence-electron chi connectivity index (χ0n) is 16.3. The molecule has 2 aromatic carbocycles. The summed E-state index contributed by atoms with van der Waals surface area (Å²) < 4.78 is 7.20.